The molecule has 98 valence electrons. The number of carbonyl (C=O) groups excluding carboxylic acids is 2. The van der Waals surface area contributed by atoms with Gasteiger partial charge in [-0.2, -0.15) is 0 Å². The second-order valence-corrected chi connectivity index (χ2v) is 4.53. The molecule has 1 N–H and O–H groups in total. The minimum absolute atomic E-state index is 0.248. The van der Waals surface area contributed by atoms with Crippen molar-refractivity contribution in [3.8, 4) is 0 Å². The summed E-state index contributed by atoms with van der Waals surface area (Å²) in [5.41, 5.74) is 0.758. The molecule has 1 amide bonds. The van der Waals surface area contributed by atoms with E-state index >= 15 is 0 Å². The molecule has 1 aliphatic rings. The van der Waals surface area contributed by atoms with E-state index in [-0.39, 0.29) is 11.9 Å². The molecule has 0 spiro atoms. The lowest BCUT2D eigenvalue weighted by atomic mass is 10.2. The van der Waals surface area contributed by atoms with Crippen LogP contribution in [0.2, 0.25) is 0 Å². The molecular formula is C12H16N2O4. The lowest BCUT2D eigenvalue weighted by Gasteiger charge is -2.12. The second kappa shape index (κ2) is 4.80. The predicted molar refractivity (Wildman–Crippen MR) is 62.0 cm³/mol. The van der Waals surface area contributed by atoms with Gasteiger partial charge in [-0.25, -0.2) is 4.79 Å². The van der Waals surface area contributed by atoms with Gasteiger partial charge < -0.3 is 14.6 Å². The fourth-order valence-electron chi connectivity index (χ4n) is 1.59. The van der Waals surface area contributed by atoms with Crippen LogP contribution in [0.3, 0.4) is 0 Å². The van der Waals surface area contributed by atoms with Gasteiger partial charge in [-0.3, -0.25) is 4.79 Å². The van der Waals surface area contributed by atoms with E-state index in [0.717, 1.165) is 12.8 Å². The lowest BCUT2D eigenvalue weighted by Crippen LogP contribution is -2.37. The number of esters is 1. The molecule has 0 saturated heterocycles. The summed E-state index contributed by atoms with van der Waals surface area (Å²) in [6.45, 7) is 4.83. The monoisotopic (exact) mass is 252 g/mol. The minimum atomic E-state index is -0.813. The van der Waals surface area contributed by atoms with Gasteiger partial charge in [-0.05, 0) is 33.6 Å². The normalized spacial score (nSPS) is 16.2. The number of aromatic nitrogens is 1. The van der Waals surface area contributed by atoms with Crippen LogP contribution < -0.4 is 5.32 Å². The number of amides is 1. The number of nitrogens with zero attached hydrogens (tertiary/aromatic N) is 1. The second-order valence-electron chi connectivity index (χ2n) is 4.53. The van der Waals surface area contributed by atoms with E-state index in [9.17, 15) is 9.59 Å². The highest BCUT2D eigenvalue weighted by Gasteiger charge is 2.28. The van der Waals surface area contributed by atoms with Crippen molar-refractivity contribution in [1.29, 1.82) is 0 Å². The van der Waals surface area contributed by atoms with Crippen LogP contribution in [-0.4, -0.2) is 29.2 Å². The molecule has 1 heterocycles. The van der Waals surface area contributed by atoms with Crippen molar-refractivity contribution >= 4 is 11.9 Å². The summed E-state index contributed by atoms with van der Waals surface area (Å²) in [5, 5.41) is 6.45. The number of rotatable bonds is 4. The molecule has 1 atom stereocenters. The molecule has 1 aromatic heterocycles. The lowest BCUT2D eigenvalue weighted by molar-refractivity contribution is -0.129. The Morgan fingerprint density at radius 1 is 1.44 bits per heavy atom. The molecule has 0 radical (unpaired) electrons. The fourth-order valence-corrected chi connectivity index (χ4v) is 1.59. The fraction of sp³-hybridized carbons (Fsp3) is 0.583. The van der Waals surface area contributed by atoms with Crippen LogP contribution in [0.25, 0.3) is 0 Å². The first-order chi connectivity index (χ1) is 8.49. The summed E-state index contributed by atoms with van der Waals surface area (Å²) in [6, 6.07) is 0.248. The molecule has 6 heteroatoms. The van der Waals surface area contributed by atoms with Gasteiger partial charge in [0.05, 0.1) is 5.69 Å². The first-order valence-electron chi connectivity index (χ1n) is 5.93. The first-order valence-corrected chi connectivity index (χ1v) is 5.93. The summed E-state index contributed by atoms with van der Waals surface area (Å²) in [4.78, 5) is 23.5. The van der Waals surface area contributed by atoms with Gasteiger partial charge in [0, 0.05) is 6.04 Å². The van der Waals surface area contributed by atoms with Crippen molar-refractivity contribution in [3.05, 3.63) is 17.0 Å². The van der Waals surface area contributed by atoms with E-state index in [1.165, 1.54) is 0 Å². The highest BCUT2D eigenvalue weighted by Crippen LogP contribution is 2.19. The molecule has 1 fully saturated rings. The van der Waals surface area contributed by atoms with E-state index in [2.05, 4.69) is 10.5 Å². The number of aryl methyl sites for hydroxylation is 2. The summed E-state index contributed by atoms with van der Waals surface area (Å²) >= 11 is 0. The molecule has 18 heavy (non-hydrogen) atoms. The van der Waals surface area contributed by atoms with E-state index in [4.69, 9.17) is 9.26 Å². The highest BCUT2D eigenvalue weighted by molar-refractivity contribution is 5.93. The Balaban J connectivity index is 1.96. The Morgan fingerprint density at radius 2 is 2.11 bits per heavy atom. The molecule has 0 aliphatic heterocycles. The average molecular weight is 252 g/mol. The molecule has 0 bridgehead atoms. The number of hydrogen-bond acceptors (Lipinski definition) is 5. The van der Waals surface area contributed by atoms with Gasteiger partial charge >= 0.3 is 5.97 Å². The highest BCUT2D eigenvalue weighted by atomic mass is 16.5. The number of ether oxygens (including phenoxy) is 1. The molecule has 2 rings (SSSR count). The van der Waals surface area contributed by atoms with Crippen molar-refractivity contribution in [1.82, 2.24) is 10.5 Å². The molecule has 1 aromatic rings. The maximum absolute atomic E-state index is 11.9. The number of carbonyl (C=O) groups is 2. The summed E-state index contributed by atoms with van der Waals surface area (Å²) in [6.07, 6.45) is 1.18. The average Bonchev–Trinajstić information content (AvgIpc) is 3.04. The van der Waals surface area contributed by atoms with Crippen LogP contribution in [0.5, 0.6) is 0 Å². The molecule has 1 aliphatic carbocycles. The zero-order valence-electron chi connectivity index (χ0n) is 10.6. The van der Waals surface area contributed by atoms with Gasteiger partial charge in [0.25, 0.3) is 5.91 Å². The standard InChI is InChI=1S/C12H16N2O4/c1-6-10(7(2)18-14-6)12(16)17-8(3)11(15)13-9-4-5-9/h8-9H,4-5H2,1-3H3,(H,13,15)/t8-/m1/s1. The molecular weight excluding hydrogens is 236 g/mol. The Labute approximate surface area is 105 Å². The van der Waals surface area contributed by atoms with Crippen LogP contribution in [0.1, 0.15) is 41.6 Å². The van der Waals surface area contributed by atoms with Crippen molar-refractivity contribution < 1.29 is 18.8 Å². The molecule has 0 unspecified atom stereocenters. The van der Waals surface area contributed by atoms with Crippen LogP contribution in [0, 0.1) is 13.8 Å². The third kappa shape index (κ3) is 2.69. The van der Waals surface area contributed by atoms with Crippen LogP contribution in [0.15, 0.2) is 4.52 Å². The van der Waals surface area contributed by atoms with E-state index in [1.807, 2.05) is 0 Å². The Hall–Kier alpha value is -1.85. The maximum Gasteiger partial charge on any atom is 0.344 e. The number of nitrogens with one attached hydrogen (secondary N) is 1. The predicted octanol–water partition coefficient (Wildman–Crippen LogP) is 1.12. The van der Waals surface area contributed by atoms with E-state index < -0.39 is 12.1 Å². The zero-order valence-corrected chi connectivity index (χ0v) is 10.6. The molecule has 1 saturated carbocycles. The van der Waals surface area contributed by atoms with E-state index in [0.29, 0.717) is 17.0 Å². The largest absolute Gasteiger partial charge is 0.449 e. The summed E-state index contributed by atoms with van der Waals surface area (Å²) in [5.74, 6) is -0.449. The third-order valence-electron chi connectivity index (χ3n) is 2.81. The topological polar surface area (TPSA) is 81.4 Å². The minimum Gasteiger partial charge on any atom is -0.449 e. The van der Waals surface area contributed by atoms with Gasteiger partial charge in [0.2, 0.25) is 0 Å². The Morgan fingerprint density at radius 3 is 2.61 bits per heavy atom. The van der Waals surface area contributed by atoms with Gasteiger partial charge in [-0.1, -0.05) is 5.16 Å². The molecule has 6 nitrogen and oxygen atoms in total. The Kier molecular flexibility index (Phi) is 3.36. The van der Waals surface area contributed by atoms with Crippen molar-refractivity contribution in [2.75, 3.05) is 0 Å². The van der Waals surface area contributed by atoms with Crippen LogP contribution in [-0.2, 0) is 9.53 Å². The SMILES string of the molecule is Cc1noc(C)c1C(=O)O[C@H](C)C(=O)NC1CC1. The zero-order chi connectivity index (χ0) is 13.3. The third-order valence-corrected chi connectivity index (χ3v) is 2.81. The maximum atomic E-state index is 11.9. The first kappa shape index (κ1) is 12.6. The van der Waals surface area contributed by atoms with Crippen molar-refractivity contribution in [2.24, 2.45) is 0 Å². The van der Waals surface area contributed by atoms with E-state index in [1.54, 1.807) is 20.8 Å². The summed E-state index contributed by atoms with van der Waals surface area (Å²) in [7, 11) is 0. The van der Waals surface area contributed by atoms with Crippen molar-refractivity contribution in [2.45, 2.75) is 45.8 Å². The number of hydrogen-bond donors (Lipinski definition) is 1. The van der Waals surface area contributed by atoms with Crippen molar-refractivity contribution in [3.63, 3.8) is 0 Å². The van der Waals surface area contributed by atoms with Crippen LogP contribution >= 0.6 is 0 Å². The van der Waals surface area contributed by atoms with Crippen LogP contribution in [0.4, 0.5) is 0 Å². The van der Waals surface area contributed by atoms with Gasteiger partial charge in [0.15, 0.2) is 6.10 Å². The summed E-state index contributed by atoms with van der Waals surface area (Å²) < 4.78 is 9.98. The smallest absolute Gasteiger partial charge is 0.344 e. The quantitative estimate of drug-likeness (QED) is 0.812. The Bertz CT molecular complexity index is 457. The van der Waals surface area contributed by atoms with Gasteiger partial charge in [-0.15, -0.1) is 0 Å². The molecule has 0 aromatic carbocycles. The van der Waals surface area contributed by atoms with Gasteiger partial charge in [0.1, 0.15) is 11.3 Å².